The van der Waals surface area contributed by atoms with Crippen molar-refractivity contribution in [2.45, 2.75) is 25.4 Å². The monoisotopic (exact) mass is 291 g/mol. The van der Waals surface area contributed by atoms with Gasteiger partial charge in [0.25, 0.3) is 0 Å². The minimum absolute atomic E-state index is 0.0304. The van der Waals surface area contributed by atoms with Crippen LogP contribution in [0.5, 0.6) is 0 Å². The Morgan fingerprint density at radius 3 is 3.00 bits per heavy atom. The minimum Gasteiger partial charge on any atom is -0.480 e. The van der Waals surface area contributed by atoms with E-state index in [2.05, 4.69) is 18.3 Å². The maximum atomic E-state index is 11.2. The molecule has 0 aliphatic carbocycles. The van der Waals surface area contributed by atoms with Gasteiger partial charge in [0.1, 0.15) is 17.4 Å². The van der Waals surface area contributed by atoms with Crippen LogP contribution in [0, 0.1) is 0 Å². The minimum atomic E-state index is -0.795. The summed E-state index contributed by atoms with van der Waals surface area (Å²) in [6.07, 6.45) is 0.882. The van der Waals surface area contributed by atoms with E-state index in [9.17, 15) is 4.79 Å². The van der Waals surface area contributed by atoms with Crippen LogP contribution in [0.1, 0.15) is 24.3 Å². The van der Waals surface area contributed by atoms with Crippen molar-refractivity contribution in [3.63, 3.8) is 0 Å². The molecule has 1 fully saturated rings. The first-order valence-electron chi connectivity index (χ1n) is 6.77. The number of benzene rings is 1. The average Bonchev–Trinajstić information content (AvgIpc) is 2.86. The second-order valence-corrected chi connectivity index (χ2v) is 6.02. The molecule has 2 N–H and O–H groups in total. The van der Waals surface area contributed by atoms with Crippen LogP contribution in [0.4, 0.5) is 0 Å². The van der Waals surface area contributed by atoms with Crippen LogP contribution in [0.2, 0.25) is 0 Å². The molecule has 1 aromatic heterocycles. The quantitative estimate of drug-likeness (QED) is 0.910. The zero-order valence-corrected chi connectivity index (χ0v) is 12.1. The van der Waals surface area contributed by atoms with Crippen LogP contribution >= 0.6 is 11.8 Å². The Balaban J connectivity index is 1.98. The van der Waals surface area contributed by atoms with Crippen molar-refractivity contribution in [3.8, 4) is 0 Å². The summed E-state index contributed by atoms with van der Waals surface area (Å²) in [4.78, 5) is 11.2. The summed E-state index contributed by atoms with van der Waals surface area (Å²) >= 11 is 1.66. The number of carbonyl (C=O) groups is 1. The fourth-order valence-electron chi connectivity index (χ4n) is 2.70. The van der Waals surface area contributed by atoms with E-state index in [1.54, 1.807) is 11.8 Å². The van der Waals surface area contributed by atoms with E-state index in [0.29, 0.717) is 5.75 Å². The number of carboxylic acids is 1. The van der Waals surface area contributed by atoms with Crippen molar-refractivity contribution >= 4 is 28.7 Å². The Kier molecular flexibility index (Phi) is 3.72. The highest BCUT2D eigenvalue weighted by Gasteiger charge is 2.31. The van der Waals surface area contributed by atoms with Crippen LogP contribution < -0.4 is 5.32 Å². The zero-order chi connectivity index (χ0) is 14.1. The topological polar surface area (TPSA) is 62.5 Å². The van der Waals surface area contributed by atoms with Gasteiger partial charge in [0.15, 0.2) is 0 Å². The van der Waals surface area contributed by atoms with Crippen LogP contribution in [0.15, 0.2) is 28.7 Å². The van der Waals surface area contributed by atoms with Gasteiger partial charge in [-0.3, -0.25) is 10.1 Å². The van der Waals surface area contributed by atoms with Gasteiger partial charge >= 0.3 is 5.97 Å². The molecule has 0 radical (unpaired) electrons. The number of fused-ring (bicyclic) bond motifs is 1. The average molecular weight is 291 g/mol. The Bertz CT molecular complexity index is 637. The highest BCUT2D eigenvalue weighted by Crippen LogP contribution is 2.34. The lowest BCUT2D eigenvalue weighted by Crippen LogP contribution is -2.45. The van der Waals surface area contributed by atoms with Gasteiger partial charge in [-0.1, -0.05) is 25.1 Å². The first-order valence-corrected chi connectivity index (χ1v) is 7.93. The van der Waals surface area contributed by atoms with Crippen molar-refractivity contribution in [2.75, 3.05) is 11.5 Å². The molecule has 0 saturated carbocycles. The Labute approximate surface area is 121 Å². The second kappa shape index (κ2) is 5.50. The maximum Gasteiger partial charge on any atom is 0.321 e. The summed E-state index contributed by atoms with van der Waals surface area (Å²) in [5, 5.41) is 13.5. The lowest BCUT2D eigenvalue weighted by Gasteiger charge is -2.27. The predicted molar refractivity (Wildman–Crippen MR) is 80.2 cm³/mol. The van der Waals surface area contributed by atoms with Crippen molar-refractivity contribution in [2.24, 2.45) is 0 Å². The van der Waals surface area contributed by atoms with Crippen LogP contribution in [-0.4, -0.2) is 28.6 Å². The largest absolute Gasteiger partial charge is 0.480 e. The number of rotatable bonds is 3. The van der Waals surface area contributed by atoms with Gasteiger partial charge in [0, 0.05) is 22.5 Å². The number of aliphatic carboxylic acids is 1. The van der Waals surface area contributed by atoms with Crippen molar-refractivity contribution < 1.29 is 14.3 Å². The smallest absolute Gasteiger partial charge is 0.321 e. The zero-order valence-electron chi connectivity index (χ0n) is 11.3. The molecule has 2 atom stereocenters. The molecule has 20 heavy (non-hydrogen) atoms. The summed E-state index contributed by atoms with van der Waals surface area (Å²) in [6, 6.07) is 7.45. The number of hydrogen-bond acceptors (Lipinski definition) is 4. The van der Waals surface area contributed by atoms with Gasteiger partial charge in [0.05, 0.1) is 6.04 Å². The molecule has 0 spiro atoms. The van der Waals surface area contributed by atoms with Gasteiger partial charge in [-0.15, -0.1) is 0 Å². The number of hydrogen-bond donors (Lipinski definition) is 2. The molecule has 1 aromatic carbocycles. The lowest BCUT2D eigenvalue weighted by molar-refractivity contribution is -0.139. The van der Waals surface area contributed by atoms with Gasteiger partial charge in [-0.05, 0) is 12.5 Å². The number of thioether (sulfide) groups is 1. The standard InChI is InChI=1S/C15H17NO3S/c1-2-9-10-5-3-4-6-13(10)19-14(9)11-7-20-8-12(16-11)15(17)18/h3-6,11-12,16H,2,7-8H2,1H3,(H,17,18). The SMILES string of the molecule is CCc1c(C2CSCC(C(=O)O)N2)oc2ccccc12. The number of carboxylic acid groups (broad SMARTS) is 1. The van der Waals surface area contributed by atoms with Crippen LogP contribution in [0.25, 0.3) is 11.0 Å². The molecule has 1 aliphatic rings. The number of aryl methyl sites for hydroxylation is 1. The van der Waals surface area contributed by atoms with Crippen molar-refractivity contribution in [3.05, 3.63) is 35.6 Å². The first kappa shape index (κ1) is 13.5. The molecule has 4 nitrogen and oxygen atoms in total. The predicted octanol–water partition coefficient (Wildman–Crippen LogP) is 2.83. The van der Waals surface area contributed by atoms with E-state index in [-0.39, 0.29) is 6.04 Å². The van der Waals surface area contributed by atoms with E-state index in [1.165, 1.54) is 5.56 Å². The van der Waals surface area contributed by atoms with Crippen molar-refractivity contribution in [1.29, 1.82) is 0 Å². The molecule has 0 amide bonds. The molecular weight excluding hydrogens is 274 g/mol. The summed E-state index contributed by atoms with van der Waals surface area (Å²) in [5.41, 5.74) is 2.06. The maximum absolute atomic E-state index is 11.2. The fourth-order valence-corrected chi connectivity index (χ4v) is 3.79. The number of furan rings is 1. The van der Waals surface area contributed by atoms with Gasteiger partial charge in [-0.2, -0.15) is 11.8 Å². The summed E-state index contributed by atoms with van der Waals surface area (Å²) in [7, 11) is 0. The Morgan fingerprint density at radius 2 is 2.25 bits per heavy atom. The second-order valence-electron chi connectivity index (χ2n) is 4.94. The van der Waals surface area contributed by atoms with Crippen molar-refractivity contribution in [1.82, 2.24) is 5.32 Å². The van der Waals surface area contributed by atoms with Crippen LogP contribution in [0.3, 0.4) is 0 Å². The van der Waals surface area contributed by atoms with E-state index >= 15 is 0 Å². The van der Waals surface area contributed by atoms with E-state index in [0.717, 1.165) is 28.9 Å². The highest BCUT2D eigenvalue weighted by molar-refractivity contribution is 7.99. The Morgan fingerprint density at radius 1 is 1.45 bits per heavy atom. The molecule has 5 heteroatoms. The number of para-hydroxylation sites is 1. The normalized spacial score (nSPS) is 23.1. The van der Waals surface area contributed by atoms with E-state index in [1.807, 2.05) is 18.2 Å². The third-order valence-electron chi connectivity index (χ3n) is 3.67. The lowest BCUT2D eigenvalue weighted by atomic mass is 10.0. The van der Waals surface area contributed by atoms with E-state index in [4.69, 9.17) is 9.52 Å². The molecular formula is C15H17NO3S. The first-order chi connectivity index (χ1) is 9.70. The molecule has 1 aliphatic heterocycles. The van der Waals surface area contributed by atoms with Gasteiger partial charge in [-0.25, -0.2) is 0 Å². The molecule has 1 saturated heterocycles. The molecule has 0 bridgehead atoms. The Hall–Kier alpha value is -1.46. The summed E-state index contributed by atoms with van der Waals surface area (Å²) in [6.45, 7) is 2.10. The molecule has 2 heterocycles. The molecule has 2 aromatic rings. The summed E-state index contributed by atoms with van der Waals surface area (Å²) < 4.78 is 5.99. The van der Waals surface area contributed by atoms with E-state index < -0.39 is 12.0 Å². The van der Waals surface area contributed by atoms with Crippen LogP contribution in [-0.2, 0) is 11.2 Å². The molecule has 2 unspecified atom stereocenters. The van der Waals surface area contributed by atoms with Gasteiger partial charge in [0.2, 0.25) is 0 Å². The third-order valence-corrected chi connectivity index (χ3v) is 4.81. The van der Waals surface area contributed by atoms with Gasteiger partial charge < -0.3 is 9.52 Å². The third kappa shape index (κ3) is 2.31. The molecule has 3 rings (SSSR count). The highest BCUT2D eigenvalue weighted by atomic mass is 32.2. The number of nitrogens with one attached hydrogen (secondary N) is 1. The molecule has 106 valence electrons. The fraction of sp³-hybridized carbons (Fsp3) is 0.400. The summed E-state index contributed by atoms with van der Waals surface area (Å²) in [5.74, 6) is 1.55.